The van der Waals surface area contributed by atoms with Gasteiger partial charge in [0.25, 0.3) is 0 Å². The zero-order valence-corrected chi connectivity index (χ0v) is 11.5. The predicted molar refractivity (Wildman–Crippen MR) is 66.1 cm³/mol. The third-order valence-electron chi connectivity index (χ3n) is 1.93. The first-order valence-corrected chi connectivity index (χ1v) is 5.69. The van der Waals surface area contributed by atoms with Crippen LogP contribution in [0.25, 0.3) is 0 Å². The summed E-state index contributed by atoms with van der Waals surface area (Å²) in [6, 6.07) is 2.86. The number of carbonyl (C=O) groups is 1. The van der Waals surface area contributed by atoms with Crippen LogP contribution in [-0.4, -0.2) is 38.9 Å². The first-order chi connectivity index (χ1) is 8.60. The maximum absolute atomic E-state index is 11.1. The van der Waals surface area contributed by atoms with Gasteiger partial charge in [0.2, 0.25) is 0 Å². The van der Waals surface area contributed by atoms with E-state index >= 15 is 0 Å². The zero-order chi connectivity index (χ0) is 13.5. The Morgan fingerprint density at radius 2 is 1.72 bits per heavy atom. The maximum Gasteiger partial charge on any atom is 0.339 e. The highest BCUT2D eigenvalue weighted by Gasteiger charge is 2.16. The number of carboxylic acids is 1. The lowest BCUT2D eigenvalue weighted by Crippen LogP contribution is -2.07. The zero-order valence-electron chi connectivity index (χ0n) is 9.94. The Hall–Kier alpha value is -1.31. The third-order valence-corrected chi connectivity index (χ3v) is 2.55. The fourth-order valence-corrected chi connectivity index (χ4v) is 1.63. The monoisotopic (exact) mass is 320 g/mol. The smallest absolute Gasteiger partial charge is 0.339 e. The average Bonchev–Trinajstić information content (AvgIpc) is 2.35. The van der Waals surface area contributed by atoms with Crippen LogP contribution in [-0.2, 0) is 9.47 Å². The molecule has 0 spiro atoms. The van der Waals surface area contributed by atoms with Gasteiger partial charge in [-0.1, -0.05) is 0 Å². The van der Waals surface area contributed by atoms with Crippen LogP contribution in [0.2, 0.25) is 0 Å². The van der Waals surface area contributed by atoms with Gasteiger partial charge in [-0.25, -0.2) is 4.79 Å². The highest BCUT2D eigenvalue weighted by atomic mass is 79.9. The molecule has 0 aromatic heterocycles. The van der Waals surface area contributed by atoms with Gasteiger partial charge in [-0.15, -0.1) is 0 Å². The number of hydrogen-bond donors (Lipinski definition) is 1. The number of carboxylic acid groups (broad SMARTS) is 1. The van der Waals surface area contributed by atoms with Gasteiger partial charge in [-0.3, -0.25) is 0 Å². The summed E-state index contributed by atoms with van der Waals surface area (Å²) < 4.78 is 20.5. The molecule has 1 rings (SSSR count). The van der Waals surface area contributed by atoms with Crippen LogP contribution in [0.3, 0.4) is 0 Å². The van der Waals surface area contributed by atoms with Gasteiger partial charge in [0.15, 0.2) is 13.6 Å². The molecule has 0 saturated carbocycles. The normalized spacial score (nSPS) is 10.2. The van der Waals surface area contributed by atoms with Gasteiger partial charge >= 0.3 is 5.97 Å². The van der Waals surface area contributed by atoms with Crippen molar-refractivity contribution in [3.05, 3.63) is 22.2 Å². The van der Waals surface area contributed by atoms with Crippen LogP contribution in [0.15, 0.2) is 16.6 Å². The Bertz CT molecular complexity index is 420. The summed E-state index contributed by atoms with van der Waals surface area (Å²) in [5.74, 6) is -0.508. The largest absolute Gasteiger partial charge is 0.478 e. The number of methoxy groups -OCH3 is 2. The van der Waals surface area contributed by atoms with E-state index in [1.807, 2.05) is 0 Å². The van der Waals surface area contributed by atoms with Gasteiger partial charge in [-0.2, -0.15) is 0 Å². The van der Waals surface area contributed by atoms with E-state index < -0.39 is 5.97 Å². The summed E-state index contributed by atoms with van der Waals surface area (Å²) in [5.41, 5.74) is 0.0173. The van der Waals surface area contributed by atoms with Gasteiger partial charge in [0, 0.05) is 20.3 Å². The first-order valence-electron chi connectivity index (χ1n) is 4.90. The second-order valence-corrected chi connectivity index (χ2v) is 4.04. The quantitative estimate of drug-likeness (QED) is 0.776. The molecule has 100 valence electrons. The van der Waals surface area contributed by atoms with E-state index in [9.17, 15) is 4.79 Å². The average molecular weight is 321 g/mol. The minimum absolute atomic E-state index is 0.0173. The van der Waals surface area contributed by atoms with Gasteiger partial charge in [-0.05, 0) is 22.0 Å². The van der Waals surface area contributed by atoms with Crippen LogP contribution in [0.4, 0.5) is 0 Å². The lowest BCUT2D eigenvalue weighted by atomic mass is 10.2. The van der Waals surface area contributed by atoms with Gasteiger partial charge in [0.05, 0.1) is 4.47 Å². The fraction of sp³-hybridized carbons (Fsp3) is 0.364. The van der Waals surface area contributed by atoms with Crippen molar-refractivity contribution in [2.24, 2.45) is 0 Å². The summed E-state index contributed by atoms with van der Waals surface area (Å²) >= 11 is 3.22. The van der Waals surface area contributed by atoms with Crippen LogP contribution in [0.1, 0.15) is 10.4 Å². The number of ether oxygens (including phenoxy) is 4. The molecule has 0 saturated heterocycles. The molecular weight excluding hydrogens is 308 g/mol. The predicted octanol–water partition coefficient (Wildman–Crippen LogP) is 2.11. The molecule has 0 heterocycles. The second kappa shape index (κ2) is 7.20. The second-order valence-electron chi connectivity index (χ2n) is 3.19. The Balaban J connectivity index is 3.05. The fourth-order valence-electron chi connectivity index (χ4n) is 1.18. The molecule has 18 heavy (non-hydrogen) atoms. The molecule has 1 N–H and O–H groups in total. The number of halogens is 1. The van der Waals surface area contributed by atoms with Crippen molar-refractivity contribution in [1.82, 2.24) is 0 Å². The molecule has 0 aliphatic carbocycles. The van der Waals surface area contributed by atoms with Crippen molar-refractivity contribution in [3.63, 3.8) is 0 Å². The molecular formula is C11H13BrO6. The Kier molecular flexibility index (Phi) is 5.90. The molecule has 0 unspecified atom stereocenters. The van der Waals surface area contributed by atoms with Crippen molar-refractivity contribution < 1.29 is 28.8 Å². The first kappa shape index (κ1) is 14.7. The van der Waals surface area contributed by atoms with E-state index in [1.54, 1.807) is 0 Å². The summed E-state index contributed by atoms with van der Waals surface area (Å²) in [5, 5.41) is 9.05. The molecule has 0 aliphatic heterocycles. The highest BCUT2D eigenvalue weighted by Crippen LogP contribution is 2.33. The lowest BCUT2D eigenvalue weighted by Gasteiger charge is -2.12. The minimum atomic E-state index is -1.10. The molecule has 0 fully saturated rings. The highest BCUT2D eigenvalue weighted by molar-refractivity contribution is 9.10. The van der Waals surface area contributed by atoms with E-state index in [0.29, 0.717) is 10.2 Å². The molecule has 1 aromatic rings. The molecule has 0 radical (unpaired) electrons. The minimum Gasteiger partial charge on any atom is -0.478 e. The molecule has 0 amide bonds. The summed E-state index contributed by atoms with van der Waals surface area (Å²) in [6.45, 7) is 0.000363. The van der Waals surface area contributed by atoms with Gasteiger partial charge < -0.3 is 24.1 Å². The van der Waals surface area contributed by atoms with Crippen molar-refractivity contribution in [2.45, 2.75) is 0 Å². The molecule has 7 heteroatoms. The van der Waals surface area contributed by atoms with Crippen molar-refractivity contribution in [2.75, 3.05) is 27.8 Å². The summed E-state index contributed by atoms with van der Waals surface area (Å²) in [7, 11) is 2.93. The van der Waals surface area contributed by atoms with E-state index in [0.717, 1.165) is 0 Å². The topological polar surface area (TPSA) is 74.2 Å². The standard InChI is InChI=1S/C11H13BrO6/c1-15-5-17-9-4-10(18-6-16-2)8(12)3-7(9)11(13)14/h3-4H,5-6H2,1-2H3,(H,13,14). The Labute approximate surface area is 113 Å². The van der Waals surface area contributed by atoms with Gasteiger partial charge in [0.1, 0.15) is 17.1 Å². The van der Waals surface area contributed by atoms with E-state index in [2.05, 4.69) is 15.9 Å². The van der Waals surface area contributed by atoms with Crippen molar-refractivity contribution in [1.29, 1.82) is 0 Å². The van der Waals surface area contributed by atoms with Crippen molar-refractivity contribution >= 4 is 21.9 Å². The van der Waals surface area contributed by atoms with Crippen LogP contribution < -0.4 is 9.47 Å². The van der Waals surface area contributed by atoms with E-state index in [1.165, 1.54) is 26.4 Å². The SMILES string of the molecule is COCOc1cc(OCOC)c(C(=O)O)cc1Br. The van der Waals surface area contributed by atoms with Crippen molar-refractivity contribution in [3.8, 4) is 11.5 Å². The summed E-state index contributed by atoms with van der Waals surface area (Å²) in [6.07, 6.45) is 0. The Morgan fingerprint density at radius 3 is 2.22 bits per heavy atom. The summed E-state index contributed by atoms with van der Waals surface area (Å²) in [4.78, 5) is 11.1. The lowest BCUT2D eigenvalue weighted by molar-refractivity contribution is 0.0442. The number of benzene rings is 1. The molecule has 0 atom stereocenters. The molecule has 0 aliphatic rings. The number of rotatable bonds is 7. The van der Waals surface area contributed by atoms with Crippen LogP contribution >= 0.6 is 15.9 Å². The molecule has 0 bridgehead atoms. The third kappa shape index (κ3) is 3.86. The van der Waals surface area contributed by atoms with E-state index in [-0.39, 0.29) is 24.9 Å². The molecule has 1 aromatic carbocycles. The van der Waals surface area contributed by atoms with E-state index in [4.69, 9.17) is 24.1 Å². The maximum atomic E-state index is 11.1. The number of hydrogen-bond acceptors (Lipinski definition) is 5. The Morgan fingerprint density at radius 1 is 1.17 bits per heavy atom. The molecule has 6 nitrogen and oxygen atoms in total. The van der Waals surface area contributed by atoms with Crippen LogP contribution in [0.5, 0.6) is 11.5 Å². The number of aromatic carboxylic acids is 1. The van der Waals surface area contributed by atoms with Crippen LogP contribution in [0, 0.1) is 0 Å².